The van der Waals surface area contributed by atoms with Crippen LogP contribution < -0.4 is 10.5 Å². The standard InChI is InChI=1S/C20H24N2OS/c1-2-3-11-23-17-8-6-7-15(13-17)12-16(14-21)20-22-18-9-4-5-10-19(18)24-20/h4-10,13,16H,2-3,11-12,14,21H2,1H3. The topological polar surface area (TPSA) is 48.1 Å². The van der Waals surface area contributed by atoms with Crippen LogP contribution in [0.2, 0.25) is 0 Å². The average molecular weight is 340 g/mol. The van der Waals surface area contributed by atoms with Gasteiger partial charge in [0.15, 0.2) is 0 Å². The number of fused-ring (bicyclic) bond motifs is 1. The van der Waals surface area contributed by atoms with Crippen molar-refractivity contribution >= 4 is 21.6 Å². The van der Waals surface area contributed by atoms with Gasteiger partial charge in [0.25, 0.3) is 0 Å². The van der Waals surface area contributed by atoms with Gasteiger partial charge in [-0.1, -0.05) is 37.6 Å². The van der Waals surface area contributed by atoms with Crippen LogP contribution in [0.4, 0.5) is 0 Å². The molecule has 0 amide bonds. The maximum absolute atomic E-state index is 6.05. The van der Waals surface area contributed by atoms with E-state index in [0.29, 0.717) is 6.54 Å². The van der Waals surface area contributed by atoms with Gasteiger partial charge in [-0.15, -0.1) is 11.3 Å². The summed E-state index contributed by atoms with van der Waals surface area (Å²) in [6.45, 7) is 3.54. The van der Waals surface area contributed by atoms with Gasteiger partial charge >= 0.3 is 0 Å². The number of ether oxygens (including phenoxy) is 1. The Hall–Kier alpha value is -1.91. The van der Waals surface area contributed by atoms with Crippen LogP contribution in [0.15, 0.2) is 48.5 Å². The van der Waals surface area contributed by atoms with Crippen LogP contribution in [0.25, 0.3) is 10.2 Å². The minimum Gasteiger partial charge on any atom is -0.494 e. The molecule has 3 nitrogen and oxygen atoms in total. The Morgan fingerprint density at radius 1 is 1.17 bits per heavy atom. The van der Waals surface area contributed by atoms with Crippen molar-refractivity contribution in [3.05, 3.63) is 59.1 Å². The van der Waals surface area contributed by atoms with Gasteiger partial charge in [-0.2, -0.15) is 0 Å². The van der Waals surface area contributed by atoms with Crippen LogP contribution in [0.5, 0.6) is 5.75 Å². The molecule has 4 heteroatoms. The first-order chi connectivity index (χ1) is 11.8. The number of nitrogens with zero attached hydrogens (tertiary/aromatic N) is 1. The monoisotopic (exact) mass is 340 g/mol. The first kappa shape index (κ1) is 16.9. The number of benzene rings is 2. The molecule has 2 N–H and O–H groups in total. The minimum absolute atomic E-state index is 0.244. The molecule has 2 aromatic carbocycles. The van der Waals surface area contributed by atoms with Crippen molar-refractivity contribution in [2.45, 2.75) is 32.1 Å². The highest BCUT2D eigenvalue weighted by Gasteiger charge is 2.16. The van der Waals surface area contributed by atoms with Gasteiger partial charge in [0.05, 0.1) is 21.8 Å². The summed E-state index contributed by atoms with van der Waals surface area (Å²) in [5, 5.41) is 1.12. The van der Waals surface area contributed by atoms with Gasteiger partial charge in [-0.05, 0) is 42.7 Å². The summed E-state index contributed by atoms with van der Waals surface area (Å²) in [5.74, 6) is 1.19. The molecule has 3 rings (SSSR count). The molecule has 0 bridgehead atoms. The fourth-order valence-electron chi connectivity index (χ4n) is 2.72. The summed E-state index contributed by atoms with van der Waals surface area (Å²) in [6.07, 6.45) is 3.12. The third-order valence-electron chi connectivity index (χ3n) is 4.09. The van der Waals surface area contributed by atoms with Crippen LogP contribution in [-0.2, 0) is 6.42 Å². The first-order valence-electron chi connectivity index (χ1n) is 8.57. The van der Waals surface area contributed by atoms with Gasteiger partial charge in [0.1, 0.15) is 5.75 Å². The normalized spacial score (nSPS) is 12.4. The number of thiazole rings is 1. The number of nitrogens with two attached hydrogens (primary N) is 1. The molecular weight excluding hydrogens is 316 g/mol. The van der Waals surface area contributed by atoms with E-state index in [4.69, 9.17) is 15.5 Å². The van der Waals surface area contributed by atoms with Crippen molar-refractivity contribution in [2.24, 2.45) is 5.73 Å². The molecule has 1 unspecified atom stereocenters. The Morgan fingerprint density at radius 2 is 2.04 bits per heavy atom. The van der Waals surface area contributed by atoms with E-state index in [1.807, 2.05) is 12.1 Å². The lowest BCUT2D eigenvalue weighted by molar-refractivity contribution is 0.309. The van der Waals surface area contributed by atoms with Crippen molar-refractivity contribution in [1.29, 1.82) is 0 Å². The molecule has 126 valence electrons. The van der Waals surface area contributed by atoms with Crippen LogP contribution in [0, 0.1) is 0 Å². The summed E-state index contributed by atoms with van der Waals surface area (Å²) >= 11 is 1.75. The van der Waals surface area contributed by atoms with E-state index in [1.54, 1.807) is 11.3 Å². The van der Waals surface area contributed by atoms with Gasteiger partial charge < -0.3 is 10.5 Å². The fourth-order valence-corrected chi connectivity index (χ4v) is 3.80. The SMILES string of the molecule is CCCCOc1cccc(CC(CN)c2nc3ccccc3s2)c1. The summed E-state index contributed by atoms with van der Waals surface area (Å²) in [7, 11) is 0. The van der Waals surface area contributed by atoms with E-state index in [2.05, 4.69) is 43.3 Å². The summed E-state index contributed by atoms with van der Waals surface area (Å²) in [5.41, 5.74) is 8.36. The first-order valence-corrected chi connectivity index (χ1v) is 9.39. The van der Waals surface area contributed by atoms with Crippen molar-refractivity contribution in [3.63, 3.8) is 0 Å². The molecule has 0 fully saturated rings. The van der Waals surface area contributed by atoms with Gasteiger partial charge in [-0.25, -0.2) is 4.98 Å². The molecule has 0 spiro atoms. The van der Waals surface area contributed by atoms with Gasteiger partial charge in [-0.3, -0.25) is 0 Å². The molecule has 3 aromatic rings. The molecular formula is C20H24N2OS. The lowest BCUT2D eigenvalue weighted by Gasteiger charge is -2.13. The van der Waals surface area contributed by atoms with E-state index < -0.39 is 0 Å². The summed E-state index contributed by atoms with van der Waals surface area (Å²) in [6, 6.07) is 16.6. The Balaban J connectivity index is 1.74. The maximum atomic E-state index is 6.05. The van der Waals surface area contributed by atoms with E-state index in [1.165, 1.54) is 10.3 Å². The second-order valence-electron chi connectivity index (χ2n) is 6.01. The highest BCUT2D eigenvalue weighted by atomic mass is 32.1. The van der Waals surface area contributed by atoms with E-state index >= 15 is 0 Å². The smallest absolute Gasteiger partial charge is 0.119 e. The lowest BCUT2D eigenvalue weighted by atomic mass is 10.00. The second-order valence-corrected chi connectivity index (χ2v) is 7.07. The van der Waals surface area contributed by atoms with Crippen molar-refractivity contribution < 1.29 is 4.74 Å². The zero-order valence-corrected chi connectivity index (χ0v) is 14.9. The van der Waals surface area contributed by atoms with E-state index in [-0.39, 0.29) is 5.92 Å². The molecule has 0 radical (unpaired) electrons. The Bertz CT molecular complexity index is 751. The maximum Gasteiger partial charge on any atom is 0.119 e. The lowest BCUT2D eigenvalue weighted by Crippen LogP contribution is -2.14. The molecule has 1 aromatic heterocycles. The molecule has 1 atom stereocenters. The van der Waals surface area contributed by atoms with Crippen LogP contribution in [0.3, 0.4) is 0 Å². The number of unbranched alkanes of at least 4 members (excludes halogenated alkanes) is 1. The number of para-hydroxylation sites is 1. The fraction of sp³-hybridized carbons (Fsp3) is 0.350. The highest BCUT2D eigenvalue weighted by Crippen LogP contribution is 2.29. The van der Waals surface area contributed by atoms with Crippen LogP contribution in [0.1, 0.15) is 36.3 Å². The highest BCUT2D eigenvalue weighted by molar-refractivity contribution is 7.18. The molecule has 0 saturated carbocycles. The van der Waals surface area contributed by atoms with E-state index in [9.17, 15) is 0 Å². The molecule has 0 aliphatic rings. The molecule has 0 aliphatic carbocycles. The van der Waals surface area contributed by atoms with Crippen molar-refractivity contribution in [2.75, 3.05) is 13.2 Å². The van der Waals surface area contributed by atoms with E-state index in [0.717, 1.165) is 42.1 Å². The average Bonchev–Trinajstić information content (AvgIpc) is 3.04. The summed E-state index contributed by atoms with van der Waals surface area (Å²) < 4.78 is 7.04. The minimum atomic E-state index is 0.244. The molecule has 0 aliphatic heterocycles. The number of hydrogen-bond acceptors (Lipinski definition) is 4. The second kappa shape index (κ2) is 8.27. The number of hydrogen-bond donors (Lipinski definition) is 1. The predicted octanol–water partition coefficient (Wildman–Crippen LogP) is 4.76. The molecule has 24 heavy (non-hydrogen) atoms. The largest absolute Gasteiger partial charge is 0.494 e. The van der Waals surface area contributed by atoms with Gasteiger partial charge in [0.2, 0.25) is 0 Å². The third kappa shape index (κ3) is 4.13. The van der Waals surface area contributed by atoms with Gasteiger partial charge in [0, 0.05) is 12.5 Å². The Kier molecular flexibility index (Phi) is 5.83. The Morgan fingerprint density at radius 3 is 2.83 bits per heavy atom. The summed E-state index contributed by atoms with van der Waals surface area (Å²) in [4.78, 5) is 4.77. The molecule has 0 saturated heterocycles. The molecule has 1 heterocycles. The van der Waals surface area contributed by atoms with Crippen molar-refractivity contribution in [1.82, 2.24) is 4.98 Å². The zero-order chi connectivity index (χ0) is 16.8. The predicted molar refractivity (Wildman–Crippen MR) is 102 cm³/mol. The third-order valence-corrected chi connectivity index (χ3v) is 5.29. The van der Waals surface area contributed by atoms with Crippen LogP contribution in [-0.4, -0.2) is 18.1 Å². The number of aromatic nitrogens is 1. The van der Waals surface area contributed by atoms with Crippen molar-refractivity contribution in [3.8, 4) is 5.75 Å². The quantitative estimate of drug-likeness (QED) is 0.601. The van der Waals surface area contributed by atoms with Crippen LogP contribution >= 0.6 is 11.3 Å². The zero-order valence-electron chi connectivity index (χ0n) is 14.1. The Labute approximate surface area is 147 Å². The number of rotatable bonds is 8.